The number of amides is 2. The number of carbonyl (C=O) groups is 4. The molecule has 0 aromatic rings. The molecule has 0 aromatic carbocycles. The van der Waals surface area contributed by atoms with Crippen LogP contribution in [0, 0.1) is 0 Å². The minimum absolute atomic E-state index is 0.0727. The Hall–Kier alpha value is -1.10. The molecule has 10 heteroatoms. The first-order valence-corrected chi connectivity index (χ1v) is 13.7. The summed E-state index contributed by atoms with van der Waals surface area (Å²) in [6, 6.07) is 0. The van der Waals surface area contributed by atoms with Crippen molar-refractivity contribution in [1.29, 1.82) is 0 Å². The Balaban J connectivity index is 1.38. The van der Waals surface area contributed by atoms with E-state index in [1.807, 2.05) is 9.80 Å². The van der Waals surface area contributed by atoms with Crippen molar-refractivity contribution in [2.45, 2.75) is 26.7 Å². The predicted molar refractivity (Wildman–Crippen MR) is 128 cm³/mol. The van der Waals surface area contributed by atoms with Crippen LogP contribution in [0.4, 0.5) is 0 Å². The Kier molecular flexibility index (Phi) is 9.05. The topological polar surface area (TPSA) is 74.8 Å². The number of hydrogen-bond donors (Lipinski definition) is 0. The van der Waals surface area contributed by atoms with Crippen molar-refractivity contribution in [2.24, 2.45) is 0 Å². The lowest BCUT2D eigenvalue weighted by Crippen LogP contribution is -2.73. The maximum Gasteiger partial charge on any atom is 0.223 e. The van der Waals surface area contributed by atoms with Crippen LogP contribution >= 0.6 is 23.5 Å². The first-order chi connectivity index (χ1) is 15.2. The van der Waals surface area contributed by atoms with Gasteiger partial charge >= 0.3 is 0 Å². The van der Waals surface area contributed by atoms with E-state index in [4.69, 9.17) is 0 Å². The summed E-state index contributed by atoms with van der Waals surface area (Å²) in [4.78, 5) is 50.9. The molecule has 3 rings (SSSR count). The van der Waals surface area contributed by atoms with E-state index in [1.54, 1.807) is 13.8 Å². The molecule has 3 fully saturated rings. The summed E-state index contributed by atoms with van der Waals surface area (Å²) in [6.07, 6.45) is 0.903. The molecule has 0 atom stereocenters. The van der Waals surface area contributed by atoms with Crippen LogP contribution < -0.4 is 0 Å². The van der Waals surface area contributed by atoms with Crippen molar-refractivity contribution < 1.29 is 28.1 Å². The molecule has 0 radical (unpaired) electrons. The van der Waals surface area contributed by atoms with Gasteiger partial charge in [-0.05, 0) is 0 Å². The highest BCUT2D eigenvalue weighted by molar-refractivity contribution is 8.13. The van der Waals surface area contributed by atoms with E-state index in [0.29, 0.717) is 24.3 Å². The third-order valence-corrected chi connectivity index (χ3v) is 9.05. The Morgan fingerprint density at radius 1 is 0.594 bits per heavy atom. The van der Waals surface area contributed by atoms with Crippen LogP contribution in [-0.2, 0) is 19.2 Å². The molecule has 180 valence electrons. The van der Waals surface area contributed by atoms with Crippen LogP contribution in [0.5, 0.6) is 0 Å². The molecule has 0 N–H and O–H groups in total. The molecule has 3 aliphatic heterocycles. The first-order valence-electron chi connectivity index (χ1n) is 11.8. The molecule has 32 heavy (non-hydrogen) atoms. The number of nitrogens with zero attached hydrogens (tertiary/aromatic N) is 4. The Morgan fingerprint density at radius 2 is 0.906 bits per heavy atom. The van der Waals surface area contributed by atoms with Gasteiger partial charge in [0.15, 0.2) is 10.2 Å². The first kappa shape index (κ1) is 25.5. The molecule has 0 aliphatic carbocycles. The van der Waals surface area contributed by atoms with Gasteiger partial charge in [-0.3, -0.25) is 19.2 Å². The van der Waals surface area contributed by atoms with Crippen LogP contribution in [0.15, 0.2) is 0 Å². The smallest absolute Gasteiger partial charge is 0.223 e. The Morgan fingerprint density at radius 3 is 1.19 bits per heavy atom. The fourth-order valence-electron chi connectivity index (χ4n) is 5.12. The van der Waals surface area contributed by atoms with Crippen LogP contribution in [-0.4, -0.2) is 131 Å². The molecule has 3 saturated heterocycles. The summed E-state index contributed by atoms with van der Waals surface area (Å²) >= 11 is 2.47. The van der Waals surface area contributed by atoms with Gasteiger partial charge in [-0.15, -0.1) is 0 Å². The second-order valence-electron chi connectivity index (χ2n) is 9.41. The second-order valence-corrected chi connectivity index (χ2v) is 12.0. The van der Waals surface area contributed by atoms with Gasteiger partial charge in [0, 0.05) is 38.2 Å². The third kappa shape index (κ3) is 6.95. The molecule has 0 bridgehead atoms. The summed E-state index contributed by atoms with van der Waals surface area (Å²) < 4.78 is 2.24. The average molecular weight is 487 g/mol. The standard InChI is InChI=1S/C22H38N4O4S2/c1-19(27)31-17-3-21(29)23-5-9-25(10-6-23)13-15-26(16-14-25)11-7-24(8-12-26)22(30)4-18-32-20(2)28/h3-18H2,1-2H3/q+2. The van der Waals surface area contributed by atoms with Gasteiger partial charge in [-0.25, -0.2) is 0 Å². The van der Waals surface area contributed by atoms with Crippen LogP contribution in [0.3, 0.4) is 0 Å². The maximum atomic E-state index is 12.4. The van der Waals surface area contributed by atoms with Crippen LogP contribution in [0.25, 0.3) is 0 Å². The lowest BCUT2D eigenvalue weighted by Gasteiger charge is -2.54. The van der Waals surface area contributed by atoms with Crippen molar-refractivity contribution in [3.8, 4) is 0 Å². The second kappa shape index (κ2) is 11.4. The van der Waals surface area contributed by atoms with Gasteiger partial charge in [0.1, 0.15) is 26.2 Å². The highest BCUT2D eigenvalue weighted by atomic mass is 32.2. The molecule has 0 unspecified atom stereocenters. The van der Waals surface area contributed by atoms with E-state index < -0.39 is 0 Å². The molecule has 8 nitrogen and oxygen atoms in total. The quantitative estimate of drug-likeness (QED) is 0.514. The number of thioether (sulfide) groups is 2. The largest absolute Gasteiger partial charge is 0.331 e. The van der Waals surface area contributed by atoms with E-state index in [9.17, 15) is 19.2 Å². The van der Waals surface area contributed by atoms with Gasteiger partial charge in [0.25, 0.3) is 0 Å². The number of rotatable bonds is 6. The Labute approximate surface area is 200 Å². The van der Waals surface area contributed by atoms with Crippen molar-refractivity contribution >= 4 is 45.6 Å². The Bertz CT molecular complexity index is 645. The van der Waals surface area contributed by atoms with E-state index >= 15 is 0 Å². The number of carbonyl (C=O) groups excluding carboxylic acids is 4. The molecule has 3 heterocycles. The fraction of sp³-hybridized carbons (Fsp3) is 0.818. The molecular weight excluding hydrogens is 448 g/mol. The predicted octanol–water partition coefficient (Wildman–Crippen LogP) is 0.658. The third-order valence-electron chi connectivity index (χ3n) is 7.42. The van der Waals surface area contributed by atoms with E-state index in [-0.39, 0.29) is 22.0 Å². The molecule has 0 saturated carbocycles. The summed E-state index contributed by atoms with van der Waals surface area (Å²) in [5.41, 5.74) is 0. The molecule has 3 aliphatic rings. The van der Waals surface area contributed by atoms with Gasteiger partial charge in [0.05, 0.1) is 52.4 Å². The van der Waals surface area contributed by atoms with E-state index in [1.165, 1.54) is 23.5 Å². The number of piperazine rings is 3. The van der Waals surface area contributed by atoms with Crippen molar-refractivity contribution in [2.75, 3.05) is 90.0 Å². The molecule has 0 aromatic heterocycles. The zero-order valence-electron chi connectivity index (χ0n) is 19.6. The summed E-state index contributed by atoms with van der Waals surface area (Å²) in [5, 5.41) is 0.145. The fourth-order valence-corrected chi connectivity index (χ4v) is 6.25. The highest BCUT2D eigenvalue weighted by Crippen LogP contribution is 2.24. The molecule has 2 spiro atoms. The lowest BCUT2D eigenvalue weighted by molar-refractivity contribution is -1.03. The van der Waals surface area contributed by atoms with Crippen molar-refractivity contribution in [3.63, 3.8) is 0 Å². The molecule has 2 amide bonds. The summed E-state index contributed by atoms with van der Waals surface area (Å²) in [6.45, 7) is 15.1. The maximum absolute atomic E-state index is 12.4. The van der Waals surface area contributed by atoms with Crippen LogP contribution in [0.1, 0.15) is 26.7 Å². The minimum Gasteiger partial charge on any atom is -0.331 e. The summed E-state index contributed by atoms with van der Waals surface area (Å²) in [5.74, 6) is 1.53. The minimum atomic E-state index is 0.0727. The zero-order valence-corrected chi connectivity index (χ0v) is 21.2. The van der Waals surface area contributed by atoms with Gasteiger partial charge in [-0.1, -0.05) is 23.5 Å². The summed E-state index contributed by atoms with van der Waals surface area (Å²) in [7, 11) is 0. The van der Waals surface area contributed by atoms with Gasteiger partial charge in [0.2, 0.25) is 11.8 Å². The van der Waals surface area contributed by atoms with E-state index in [2.05, 4.69) is 0 Å². The number of quaternary nitrogens is 2. The SMILES string of the molecule is CC(=O)SCCC(=O)N1CC[N+]2(CC1)CC[N+]1(CCN(C(=O)CCSC(C)=O)CC1)CC2. The van der Waals surface area contributed by atoms with Gasteiger partial charge < -0.3 is 18.8 Å². The monoisotopic (exact) mass is 486 g/mol. The van der Waals surface area contributed by atoms with Gasteiger partial charge in [-0.2, -0.15) is 0 Å². The number of hydrogen-bond acceptors (Lipinski definition) is 6. The van der Waals surface area contributed by atoms with E-state index in [0.717, 1.165) is 87.5 Å². The zero-order chi connectivity index (χ0) is 23.2. The van der Waals surface area contributed by atoms with Crippen molar-refractivity contribution in [3.05, 3.63) is 0 Å². The van der Waals surface area contributed by atoms with Crippen LogP contribution in [0.2, 0.25) is 0 Å². The lowest BCUT2D eigenvalue weighted by atomic mass is 10.1. The van der Waals surface area contributed by atoms with Crippen molar-refractivity contribution in [1.82, 2.24) is 9.80 Å². The molecular formula is C22H38N4O4S2+2. The average Bonchev–Trinajstić information content (AvgIpc) is 2.76. The highest BCUT2D eigenvalue weighted by Gasteiger charge is 2.45. The normalized spacial score (nSPS) is 22.2.